The highest BCUT2D eigenvalue weighted by atomic mass is 16.5. The molecule has 4 aromatic rings. The largest absolute Gasteiger partial charge is 0.455 e. The third kappa shape index (κ3) is 1.76. The fourth-order valence-corrected chi connectivity index (χ4v) is 5.72. The van der Waals surface area contributed by atoms with Crippen molar-refractivity contribution >= 4 is 21.5 Å². The molecular weight excluding hydrogens is 354 g/mol. The van der Waals surface area contributed by atoms with Crippen LogP contribution < -0.4 is 9.30 Å². The van der Waals surface area contributed by atoms with Crippen LogP contribution in [0.1, 0.15) is 43.9 Å². The highest BCUT2D eigenvalue weighted by Crippen LogP contribution is 2.59. The average molecular weight is 376 g/mol. The molecule has 2 nitrogen and oxygen atoms in total. The lowest BCUT2D eigenvalue weighted by molar-refractivity contribution is -0.707. The fourth-order valence-electron chi connectivity index (χ4n) is 5.72. The summed E-state index contributed by atoms with van der Waals surface area (Å²) in [5, 5.41) is 5.20. The second kappa shape index (κ2) is 4.88. The van der Waals surface area contributed by atoms with Gasteiger partial charge in [0, 0.05) is 11.6 Å². The van der Waals surface area contributed by atoms with Crippen molar-refractivity contribution in [3.8, 4) is 22.8 Å². The Kier molecular flexibility index (Phi) is 2.65. The van der Waals surface area contributed by atoms with Crippen LogP contribution >= 0.6 is 0 Å². The first-order valence-corrected chi connectivity index (χ1v) is 10.5. The van der Waals surface area contributed by atoms with Crippen molar-refractivity contribution in [3.63, 3.8) is 0 Å². The van der Waals surface area contributed by atoms with Crippen LogP contribution in [0.15, 0.2) is 66.9 Å². The van der Waals surface area contributed by atoms with Gasteiger partial charge in [0.1, 0.15) is 11.5 Å². The summed E-state index contributed by atoms with van der Waals surface area (Å²) in [5.74, 6) is 2.45. The van der Waals surface area contributed by atoms with E-state index >= 15 is 0 Å². The smallest absolute Gasteiger partial charge is 0.228 e. The van der Waals surface area contributed by atoms with Gasteiger partial charge in [-0.15, -0.1) is 0 Å². The van der Waals surface area contributed by atoms with E-state index in [0.717, 1.165) is 11.5 Å². The Morgan fingerprint density at radius 1 is 0.897 bits per heavy atom. The number of pyridine rings is 1. The summed E-state index contributed by atoms with van der Waals surface area (Å²) < 4.78 is 9.23. The summed E-state index contributed by atoms with van der Waals surface area (Å²) in [4.78, 5) is 0. The highest BCUT2D eigenvalue weighted by molar-refractivity contribution is 6.07. The average Bonchev–Trinajstić information content (AvgIpc) is 2.67. The van der Waals surface area contributed by atoms with Crippen molar-refractivity contribution in [2.75, 3.05) is 0 Å². The second-order valence-electron chi connectivity index (χ2n) is 9.58. The lowest BCUT2D eigenvalue weighted by atomic mass is 9.70. The van der Waals surface area contributed by atoms with Gasteiger partial charge in [-0.25, -0.2) is 0 Å². The van der Waals surface area contributed by atoms with Gasteiger partial charge in [-0.1, -0.05) is 63.2 Å². The fraction of sp³-hybridized carbons (Fsp3) is 0.222. The Labute approximate surface area is 170 Å². The Hall–Kier alpha value is -3.13. The van der Waals surface area contributed by atoms with Crippen LogP contribution in [0.3, 0.4) is 0 Å². The van der Waals surface area contributed by atoms with Gasteiger partial charge in [-0.05, 0) is 39.3 Å². The number of hydrogen-bond acceptors (Lipinski definition) is 1. The van der Waals surface area contributed by atoms with Gasteiger partial charge in [0.25, 0.3) is 0 Å². The van der Waals surface area contributed by atoms with Crippen molar-refractivity contribution in [3.05, 3.63) is 78.0 Å². The SMILES string of the molecule is CC(C)(C)c1c2c3c(c4ccccc14)C1C=CC1[n+]1ccc4cccc(c4c1-3)O2. The summed E-state index contributed by atoms with van der Waals surface area (Å²) in [6.45, 7) is 6.89. The maximum atomic E-state index is 6.76. The quantitative estimate of drug-likeness (QED) is 0.220. The van der Waals surface area contributed by atoms with E-state index in [9.17, 15) is 0 Å². The molecule has 140 valence electrons. The van der Waals surface area contributed by atoms with E-state index in [2.05, 4.69) is 92.2 Å². The zero-order valence-electron chi connectivity index (χ0n) is 16.9. The normalized spacial score (nSPS) is 20.4. The molecule has 3 aliphatic rings. The highest BCUT2D eigenvalue weighted by Gasteiger charge is 2.48. The number of allylic oxidation sites excluding steroid dienone is 2. The minimum atomic E-state index is -0.0265. The van der Waals surface area contributed by atoms with Crippen LogP contribution in [0, 0.1) is 0 Å². The molecule has 3 aromatic carbocycles. The standard InChI is InChI=1S/C27H22NO/c1-27(2,3)24-17-9-5-4-8-16(17)22-18-11-12-19(18)28-14-13-15-7-6-10-20-21(15)25(28)23(22)26(24)29-20/h4-14,18-19H,1-3H3/q+1. The first-order chi connectivity index (χ1) is 14.0. The molecule has 2 heteroatoms. The van der Waals surface area contributed by atoms with Crippen LogP contribution in [-0.4, -0.2) is 0 Å². The van der Waals surface area contributed by atoms with Crippen LogP contribution in [0.2, 0.25) is 0 Å². The van der Waals surface area contributed by atoms with Crippen LogP contribution in [0.25, 0.3) is 32.8 Å². The molecule has 1 aromatic heterocycles. The monoisotopic (exact) mass is 376 g/mol. The van der Waals surface area contributed by atoms with Gasteiger partial charge in [0.2, 0.25) is 5.69 Å². The lowest BCUT2D eigenvalue weighted by Crippen LogP contribution is -2.49. The minimum absolute atomic E-state index is 0.0265. The van der Waals surface area contributed by atoms with Crippen LogP contribution in [0.5, 0.6) is 11.5 Å². The minimum Gasteiger partial charge on any atom is -0.455 e. The molecule has 0 fully saturated rings. The molecule has 2 atom stereocenters. The summed E-state index contributed by atoms with van der Waals surface area (Å²) in [6, 6.07) is 18.0. The van der Waals surface area contributed by atoms with Crippen molar-refractivity contribution in [2.45, 2.75) is 38.1 Å². The molecule has 2 unspecified atom stereocenters. The van der Waals surface area contributed by atoms with Crippen molar-refractivity contribution in [2.24, 2.45) is 0 Å². The summed E-state index contributed by atoms with van der Waals surface area (Å²) in [6.07, 6.45) is 6.98. The molecule has 29 heavy (non-hydrogen) atoms. The first kappa shape index (κ1) is 15.8. The van der Waals surface area contributed by atoms with E-state index in [-0.39, 0.29) is 5.41 Å². The molecule has 2 aliphatic heterocycles. The maximum absolute atomic E-state index is 6.76. The Bertz CT molecular complexity index is 1420. The summed E-state index contributed by atoms with van der Waals surface area (Å²) in [7, 11) is 0. The van der Waals surface area contributed by atoms with Gasteiger partial charge >= 0.3 is 0 Å². The first-order valence-electron chi connectivity index (χ1n) is 10.5. The molecule has 0 spiro atoms. The molecule has 0 radical (unpaired) electrons. The molecule has 7 rings (SSSR count). The Balaban J connectivity index is 1.79. The van der Waals surface area contributed by atoms with E-state index in [0.29, 0.717) is 12.0 Å². The number of aromatic nitrogens is 1. The molecule has 0 amide bonds. The van der Waals surface area contributed by atoms with E-state index in [1.165, 1.54) is 43.9 Å². The number of rotatable bonds is 0. The Morgan fingerprint density at radius 2 is 1.72 bits per heavy atom. The molecule has 0 saturated heterocycles. The van der Waals surface area contributed by atoms with Crippen molar-refractivity contribution in [1.29, 1.82) is 0 Å². The molecular formula is C27H22NO+. The number of benzene rings is 3. The molecule has 3 heterocycles. The van der Waals surface area contributed by atoms with Crippen LogP contribution in [0.4, 0.5) is 0 Å². The lowest BCUT2D eigenvalue weighted by Gasteiger charge is -2.38. The molecule has 0 N–H and O–H groups in total. The number of nitrogens with zero attached hydrogens (tertiary/aromatic N) is 1. The van der Waals surface area contributed by atoms with E-state index in [1.807, 2.05) is 0 Å². The predicted molar refractivity (Wildman–Crippen MR) is 117 cm³/mol. The maximum Gasteiger partial charge on any atom is 0.228 e. The van der Waals surface area contributed by atoms with Gasteiger partial charge in [0.05, 0.1) is 16.9 Å². The number of fused-ring (bicyclic) bond motifs is 5. The molecule has 0 saturated carbocycles. The topological polar surface area (TPSA) is 13.1 Å². The third-order valence-electron chi connectivity index (χ3n) is 6.92. The van der Waals surface area contributed by atoms with Gasteiger partial charge in [-0.3, -0.25) is 0 Å². The Morgan fingerprint density at radius 3 is 2.48 bits per heavy atom. The summed E-state index contributed by atoms with van der Waals surface area (Å²) in [5.41, 5.74) is 5.37. The van der Waals surface area contributed by atoms with Gasteiger partial charge < -0.3 is 4.74 Å². The third-order valence-corrected chi connectivity index (χ3v) is 6.92. The predicted octanol–water partition coefficient (Wildman–Crippen LogP) is 6.56. The second-order valence-corrected chi connectivity index (χ2v) is 9.58. The van der Waals surface area contributed by atoms with Crippen LogP contribution in [-0.2, 0) is 5.41 Å². The number of ether oxygens (including phenoxy) is 1. The van der Waals surface area contributed by atoms with Gasteiger partial charge in [0.15, 0.2) is 12.2 Å². The van der Waals surface area contributed by atoms with Gasteiger partial charge in [-0.2, -0.15) is 4.57 Å². The zero-order valence-corrected chi connectivity index (χ0v) is 16.9. The van der Waals surface area contributed by atoms with Crippen molar-refractivity contribution in [1.82, 2.24) is 0 Å². The molecule has 1 aliphatic carbocycles. The van der Waals surface area contributed by atoms with E-state index in [1.54, 1.807) is 0 Å². The van der Waals surface area contributed by atoms with E-state index in [4.69, 9.17) is 4.74 Å². The van der Waals surface area contributed by atoms with Crippen molar-refractivity contribution < 1.29 is 9.30 Å². The zero-order chi connectivity index (χ0) is 19.5. The van der Waals surface area contributed by atoms with E-state index < -0.39 is 0 Å². The molecule has 0 bridgehead atoms. The summed E-state index contributed by atoms with van der Waals surface area (Å²) >= 11 is 0. The number of hydrogen-bond donors (Lipinski definition) is 0.